The molecular formula is C19H24N2O3. The van der Waals surface area contributed by atoms with Gasteiger partial charge in [-0.1, -0.05) is 25.8 Å². The summed E-state index contributed by atoms with van der Waals surface area (Å²) in [7, 11) is 1.54. The predicted octanol–water partition coefficient (Wildman–Crippen LogP) is 3.31. The van der Waals surface area contributed by atoms with E-state index in [1.165, 1.54) is 19.3 Å². The SMILES string of the molecule is COc1cc(/C=C/C(=O)N[C@@H]2CCCC[C@@H]2C)ccc1OCC#N. The van der Waals surface area contributed by atoms with Gasteiger partial charge < -0.3 is 14.8 Å². The van der Waals surface area contributed by atoms with Gasteiger partial charge in [0.25, 0.3) is 0 Å². The number of benzene rings is 1. The number of carbonyl (C=O) groups is 1. The molecule has 1 fully saturated rings. The van der Waals surface area contributed by atoms with Gasteiger partial charge in [0.2, 0.25) is 5.91 Å². The van der Waals surface area contributed by atoms with Gasteiger partial charge in [-0.2, -0.15) is 5.26 Å². The van der Waals surface area contributed by atoms with Crippen molar-refractivity contribution in [2.24, 2.45) is 5.92 Å². The van der Waals surface area contributed by atoms with E-state index in [1.54, 1.807) is 31.4 Å². The fourth-order valence-electron chi connectivity index (χ4n) is 2.95. The Bertz CT molecular complexity index is 634. The minimum absolute atomic E-state index is 0.0342. The van der Waals surface area contributed by atoms with E-state index in [0.717, 1.165) is 12.0 Å². The Labute approximate surface area is 143 Å². The normalized spacial score (nSPS) is 20.4. The van der Waals surface area contributed by atoms with Gasteiger partial charge in [0.05, 0.1) is 7.11 Å². The highest BCUT2D eigenvalue weighted by molar-refractivity contribution is 5.92. The fourth-order valence-corrected chi connectivity index (χ4v) is 2.95. The summed E-state index contributed by atoms with van der Waals surface area (Å²) in [6.45, 7) is 2.16. The maximum Gasteiger partial charge on any atom is 0.244 e. The summed E-state index contributed by atoms with van der Waals surface area (Å²) in [6, 6.07) is 7.52. The molecule has 0 bridgehead atoms. The Morgan fingerprint density at radius 3 is 2.88 bits per heavy atom. The summed E-state index contributed by atoms with van der Waals surface area (Å²) >= 11 is 0. The van der Waals surface area contributed by atoms with Crippen LogP contribution in [0, 0.1) is 17.2 Å². The molecule has 5 nitrogen and oxygen atoms in total. The monoisotopic (exact) mass is 328 g/mol. The van der Waals surface area contributed by atoms with Crippen LogP contribution in [0.3, 0.4) is 0 Å². The third-order valence-corrected chi connectivity index (χ3v) is 4.35. The van der Waals surface area contributed by atoms with Crippen LogP contribution in [0.2, 0.25) is 0 Å². The van der Waals surface area contributed by atoms with Gasteiger partial charge in [0, 0.05) is 12.1 Å². The molecule has 1 amide bonds. The zero-order valence-corrected chi connectivity index (χ0v) is 14.2. The molecule has 2 atom stereocenters. The largest absolute Gasteiger partial charge is 0.493 e. The molecule has 1 aromatic carbocycles. The van der Waals surface area contributed by atoms with Gasteiger partial charge >= 0.3 is 0 Å². The molecule has 5 heteroatoms. The van der Waals surface area contributed by atoms with Crippen molar-refractivity contribution in [2.45, 2.75) is 38.6 Å². The van der Waals surface area contributed by atoms with Crippen molar-refractivity contribution in [3.8, 4) is 17.6 Å². The van der Waals surface area contributed by atoms with Crippen LogP contribution in [-0.2, 0) is 4.79 Å². The second-order valence-corrected chi connectivity index (χ2v) is 6.07. The number of ether oxygens (including phenoxy) is 2. The Morgan fingerprint density at radius 1 is 1.38 bits per heavy atom. The summed E-state index contributed by atoms with van der Waals surface area (Å²) in [6.07, 6.45) is 7.96. The first-order chi connectivity index (χ1) is 11.6. The molecule has 0 saturated heterocycles. The van der Waals surface area contributed by atoms with Crippen molar-refractivity contribution in [3.05, 3.63) is 29.8 Å². The quantitative estimate of drug-likeness (QED) is 0.813. The number of amides is 1. The molecule has 24 heavy (non-hydrogen) atoms. The summed E-state index contributed by atoms with van der Waals surface area (Å²) in [4.78, 5) is 12.1. The fraction of sp³-hybridized carbons (Fsp3) is 0.474. The molecule has 0 aromatic heterocycles. The molecule has 0 spiro atoms. The Kier molecular flexibility index (Phi) is 6.68. The zero-order chi connectivity index (χ0) is 17.4. The van der Waals surface area contributed by atoms with Crippen LogP contribution in [0.1, 0.15) is 38.2 Å². The lowest BCUT2D eigenvalue weighted by Crippen LogP contribution is -2.40. The van der Waals surface area contributed by atoms with E-state index < -0.39 is 0 Å². The predicted molar refractivity (Wildman–Crippen MR) is 92.7 cm³/mol. The van der Waals surface area contributed by atoms with E-state index in [9.17, 15) is 4.79 Å². The third kappa shape index (κ3) is 5.02. The Morgan fingerprint density at radius 2 is 2.17 bits per heavy atom. The van der Waals surface area contributed by atoms with Crippen molar-refractivity contribution in [1.82, 2.24) is 5.32 Å². The highest BCUT2D eigenvalue weighted by atomic mass is 16.5. The van der Waals surface area contributed by atoms with Gasteiger partial charge in [0.1, 0.15) is 6.07 Å². The molecule has 1 saturated carbocycles. The number of methoxy groups -OCH3 is 1. The van der Waals surface area contributed by atoms with E-state index in [1.807, 2.05) is 12.1 Å². The van der Waals surface area contributed by atoms with Crippen LogP contribution < -0.4 is 14.8 Å². The van der Waals surface area contributed by atoms with Crippen molar-refractivity contribution >= 4 is 12.0 Å². The molecule has 0 unspecified atom stereocenters. The van der Waals surface area contributed by atoms with Crippen LogP contribution in [0.15, 0.2) is 24.3 Å². The molecule has 1 N–H and O–H groups in total. The van der Waals surface area contributed by atoms with Gasteiger partial charge in [-0.15, -0.1) is 0 Å². The molecular weight excluding hydrogens is 304 g/mol. The summed E-state index contributed by atoms with van der Waals surface area (Å²) in [5.74, 6) is 1.51. The van der Waals surface area contributed by atoms with Gasteiger partial charge in [-0.3, -0.25) is 4.79 Å². The molecule has 128 valence electrons. The first-order valence-electron chi connectivity index (χ1n) is 8.30. The average Bonchev–Trinajstić information content (AvgIpc) is 2.60. The molecule has 1 aromatic rings. The standard InChI is InChI=1S/C19H24N2O3/c1-14-5-3-4-6-16(14)21-19(22)10-8-15-7-9-17(24-12-11-20)18(13-15)23-2/h7-10,13-14,16H,3-6,12H2,1-2H3,(H,21,22)/b10-8+/t14-,16+/m0/s1. The smallest absolute Gasteiger partial charge is 0.244 e. The molecule has 0 radical (unpaired) electrons. The second-order valence-electron chi connectivity index (χ2n) is 6.07. The van der Waals surface area contributed by atoms with E-state index in [0.29, 0.717) is 17.4 Å². The second kappa shape index (κ2) is 8.97. The number of nitrogens with one attached hydrogen (secondary N) is 1. The maximum atomic E-state index is 12.1. The van der Waals surface area contributed by atoms with Crippen molar-refractivity contribution in [2.75, 3.05) is 13.7 Å². The highest BCUT2D eigenvalue weighted by Gasteiger charge is 2.21. The van der Waals surface area contributed by atoms with E-state index in [-0.39, 0.29) is 18.6 Å². The van der Waals surface area contributed by atoms with Crippen molar-refractivity contribution in [1.29, 1.82) is 5.26 Å². The van der Waals surface area contributed by atoms with Gasteiger partial charge in [-0.05, 0) is 42.5 Å². The van der Waals surface area contributed by atoms with E-state index in [4.69, 9.17) is 14.7 Å². The van der Waals surface area contributed by atoms with Gasteiger partial charge in [0.15, 0.2) is 18.1 Å². The van der Waals surface area contributed by atoms with Crippen molar-refractivity contribution < 1.29 is 14.3 Å². The Balaban J connectivity index is 1.97. The number of hydrogen-bond donors (Lipinski definition) is 1. The number of rotatable bonds is 6. The topological polar surface area (TPSA) is 71.3 Å². The van der Waals surface area contributed by atoms with Crippen LogP contribution in [0.4, 0.5) is 0 Å². The van der Waals surface area contributed by atoms with E-state index in [2.05, 4.69) is 12.2 Å². The van der Waals surface area contributed by atoms with Gasteiger partial charge in [-0.25, -0.2) is 0 Å². The van der Waals surface area contributed by atoms with Crippen LogP contribution in [0.25, 0.3) is 6.08 Å². The first kappa shape index (κ1) is 17.9. The average molecular weight is 328 g/mol. The minimum atomic E-state index is -0.0717. The molecule has 1 aliphatic rings. The summed E-state index contributed by atoms with van der Waals surface area (Å²) in [5, 5.41) is 11.7. The molecule has 0 aliphatic heterocycles. The lowest BCUT2D eigenvalue weighted by Gasteiger charge is -2.29. The van der Waals surface area contributed by atoms with Crippen molar-refractivity contribution in [3.63, 3.8) is 0 Å². The number of nitriles is 1. The van der Waals surface area contributed by atoms with Crippen LogP contribution in [0.5, 0.6) is 11.5 Å². The third-order valence-electron chi connectivity index (χ3n) is 4.35. The zero-order valence-electron chi connectivity index (χ0n) is 14.2. The lowest BCUT2D eigenvalue weighted by molar-refractivity contribution is -0.117. The lowest BCUT2D eigenvalue weighted by atomic mass is 9.86. The molecule has 1 aliphatic carbocycles. The van der Waals surface area contributed by atoms with Crippen LogP contribution >= 0.6 is 0 Å². The summed E-state index contributed by atoms with van der Waals surface area (Å²) < 4.78 is 10.5. The highest BCUT2D eigenvalue weighted by Crippen LogP contribution is 2.28. The van der Waals surface area contributed by atoms with E-state index >= 15 is 0 Å². The Hall–Kier alpha value is -2.48. The maximum absolute atomic E-state index is 12.1. The molecule has 0 heterocycles. The number of nitrogens with zero attached hydrogens (tertiary/aromatic N) is 1. The summed E-state index contributed by atoms with van der Waals surface area (Å²) in [5.41, 5.74) is 0.836. The molecule has 2 rings (SSSR count). The first-order valence-corrected chi connectivity index (χ1v) is 8.30. The minimum Gasteiger partial charge on any atom is -0.493 e. The number of hydrogen-bond acceptors (Lipinski definition) is 4. The number of carbonyl (C=O) groups excluding carboxylic acids is 1. The van der Waals surface area contributed by atoms with Crippen LogP contribution in [-0.4, -0.2) is 25.7 Å².